The van der Waals surface area contributed by atoms with Crippen LogP contribution < -0.4 is 5.32 Å². The molecule has 0 saturated carbocycles. The van der Waals surface area contributed by atoms with Gasteiger partial charge in [0.15, 0.2) is 5.82 Å². The van der Waals surface area contributed by atoms with Gasteiger partial charge in [-0.05, 0) is 18.2 Å². The van der Waals surface area contributed by atoms with E-state index in [0.29, 0.717) is 6.54 Å². The molecular weight excluding hydrogens is 316 g/mol. The molecule has 0 saturated heterocycles. The molecule has 0 bridgehead atoms. The van der Waals surface area contributed by atoms with Gasteiger partial charge in [-0.3, -0.25) is 14.2 Å². The molecule has 1 aliphatic heterocycles. The van der Waals surface area contributed by atoms with Crippen molar-refractivity contribution in [2.75, 3.05) is 11.9 Å². The fourth-order valence-corrected chi connectivity index (χ4v) is 3.23. The van der Waals surface area contributed by atoms with Crippen molar-refractivity contribution in [1.82, 2.24) is 24.5 Å². The lowest BCUT2D eigenvalue weighted by atomic mass is 10.1. The quantitative estimate of drug-likeness (QED) is 0.741. The number of carbonyl (C=O) groups excluding carboxylic acids is 1. The summed E-state index contributed by atoms with van der Waals surface area (Å²) in [4.78, 5) is 12.9. The Bertz CT molecular complexity index is 908. The van der Waals surface area contributed by atoms with E-state index in [1.807, 2.05) is 55.3 Å². The zero-order chi connectivity index (χ0) is 17.4. The van der Waals surface area contributed by atoms with Gasteiger partial charge in [0.25, 0.3) is 0 Å². The fraction of sp³-hybridized carbons (Fsp3) is 0.278. The lowest BCUT2D eigenvalue weighted by Gasteiger charge is -2.23. The largest absolute Gasteiger partial charge is 0.340 e. The molecule has 1 amide bonds. The number of benzene rings is 1. The van der Waals surface area contributed by atoms with Crippen LogP contribution in [0.25, 0.3) is 11.3 Å². The third-order valence-corrected chi connectivity index (χ3v) is 4.58. The van der Waals surface area contributed by atoms with Crippen LogP contribution in [0.3, 0.4) is 0 Å². The Labute approximate surface area is 145 Å². The van der Waals surface area contributed by atoms with Crippen molar-refractivity contribution in [3.63, 3.8) is 0 Å². The maximum absolute atomic E-state index is 11.1. The second kappa shape index (κ2) is 6.08. The number of nitrogens with one attached hydrogen (secondary N) is 1. The van der Waals surface area contributed by atoms with Gasteiger partial charge >= 0.3 is 0 Å². The number of fused-ring (bicyclic) bond motifs is 1. The molecule has 0 atom stereocenters. The number of nitrogens with zero attached hydrogens (tertiary/aromatic N) is 5. The van der Waals surface area contributed by atoms with Crippen LogP contribution in [0.5, 0.6) is 0 Å². The third kappa shape index (κ3) is 2.88. The first-order chi connectivity index (χ1) is 12.1. The van der Waals surface area contributed by atoms with Crippen LogP contribution in [0.2, 0.25) is 0 Å². The second-order valence-corrected chi connectivity index (χ2v) is 6.30. The standard InChI is InChI=1S/C18H20N6O/c1-22-9-7-16(20-22)13-3-5-14(6-4-13)19-18-15-11-24(12-25)10-8-17(15)23(2)21-18/h3-7,9,12H,8,10-11H2,1-2H3,(H,19,21). The molecule has 0 radical (unpaired) electrons. The summed E-state index contributed by atoms with van der Waals surface area (Å²) in [5.41, 5.74) is 5.26. The number of aromatic nitrogens is 4. The predicted octanol–water partition coefficient (Wildman–Crippen LogP) is 2.08. The van der Waals surface area contributed by atoms with Gasteiger partial charge in [-0.1, -0.05) is 12.1 Å². The topological polar surface area (TPSA) is 68.0 Å². The lowest BCUT2D eigenvalue weighted by Crippen LogP contribution is -2.29. The number of aryl methyl sites for hydroxylation is 2. The first-order valence-corrected chi connectivity index (χ1v) is 8.25. The van der Waals surface area contributed by atoms with Gasteiger partial charge in [0, 0.05) is 55.8 Å². The van der Waals surface area contributed by atoms with Crippen molar-refractivity contribution in [2.24, 2.45) is 14.1 Å². The molecule has 7 heteroatoms. The first kappa shape index (κ1) is 15.4. The van der Waals surface area contributed by atoms with E-state index in [2.05, 4.69) is 15.5 Å². The summed E-state index contributed by atoms with van der Waals surface area (Å²) in [6, 6.07) is 10.1. The Kier molecular flexibility index (Phi) is 3.76. The number of hydrogen-bond donors (Lipinski definition) is 1. The molecule has 1 aliphatic rings. The van der Waals surface area contributed by atoms with Gasteiger partial charge in [0.2, 0.25) is 6.41 Å². The van der Waals surface area contributed by atoms with Crippen molar-refractivity contribution in [2.45, 2.75) is 13.0 Å². The highest BCUT2D eigenvalue weighted by molar-refractivity contribution is 5.66. The number of hydrogen-bond acceptors (Lipinski definition) is 4. The summed E-state index contributed by atoms with van der Waals surface area (Å²) in [6.45, 7) is 1.34. The molecule has 0 spiro atoms. The molecule has 4 rings (SSSR count). The van der Waals surface area contributed by atoms with Crippen molar-refractivity contribution < 1.29 is 4.79 Å². The Hall–Kier alpha value is -3.09. The smallest absolute Gasteiger partial charge is 0.210 e. The van der Waals surface area contributed by atoms with Gasteiger partial charge in [0.05, 0.1) is 12.2 Å². The van der Waals surface area contributed by atoms with Crippen LogP contribution in [-0.4, -0.2) is 37.4 Å². The van der Waals surface area contributed by atoms with E-state index in [1.54, 1.807) is 9.58 Å². The molecule has 128 valence electrons. The Morgan fingerprint density at radius 1 is 1.12 bits per heavy atom. The van der Waals surface area contributed by atoms with Crippen molar-refractivity contribution >= 4 is 17.9 Å². The van der Waals surface area contributed by atoms with E-state index in [4.69, 9.17) is 0 Å². The van der Waals surface area contributed by atoms with E-state index in [9.17, 15) is 4.79 Å². The summed E-state index contributed by atoms with van der Waals surface area (Å²) in [6.07, 6.45) is 3.67. The molecule has 0 fully saturated rings. The minimum Gasteiger partial charge on any atom is -0.340 e. The van der Waals surface area contributed by atoms with Gasteiger partial charge < -0.3 is 10.2 Å². The molecule has 25 heavy (non-hydrogen) atoms. The zero-order valence-corrected chi connectivity index (χ0v) is 14.3. The molecule has 1 N–H and O–H groups in total. The van der Waals surface area contributed by atoms with Gasteiger partial charge in [-0.2, -0.15) is 10.2 Å². The number of rotatable bonds is 4. The average molecular weight is 336 g/mol. The summed E-state index contributed by atoms with van der Waals surface area (Å²) in [7, 11) is 3.86. The summed E-state index contributed by atoms with van der Waals surface area (Å²) in [5, 5.41) is 12.4. The van der Waals surface area contributed by atoms with Crippen LogP contribution in [0.1, 0.15) is 11.3 Å². The summed E-state index contributed by atoms with van der Waals surface area (Å²) < 4.78 is 3.70. The normalized spacial score (nSPS) is 13.6. The van der Waals surface area contributed by atoms with Crippen molar-refractivity contribution in [3.8, 4) is 11.3 Å². The van der Waals surface area contributed by atoms with Crippen LogP contribution in [0.4, 0.5) is 11.5 Å². The Morgan fingerprint density at radius 3 is 2.60 bits per heavy atom. The number of anilines is 2. The highest BCUT2D eigenvalue weighted by Crippen LogP contribution is 2.28. The Balaban J connectivity index is 1.58. The molecule has 0 aliphatic carbocycles. The molecule has 2 aromatic heterocycles. The summed E-state index contributed by atoms with van der Waals surface area (Å²) >= 11 is 0. The Morgan fingerprint density at radius 2 is 1.92 bits per heavy atom. The van der Waals surface area contributed by atoms with Gasteiger partial charge in [-0.25, -0.2) is 0 Å². The molecule has 0 unspecified atom stereocenters. The molecular formula is C18H20N6O. The van der Waals surface area contributed by atoms with E-state index in [1.165, 1.54) is 5.69 Å². The maximum Gasteiger partial charge on any atom is 0.210 e. The van der Waals surface area contributed by atoms with Crippen molar-refractivity contribution in [3.05, 3.63) is 47.8 Å². The fourth-order valence-electron chi connectivity index (χ4n) is 3.23. The van der Waals surface area contributed by atoms with E-state index in [-0.39, 0.29) is 0 Å². The third-order valence-electron chi connectivity index (χ3n) is 4.58. The number of amides is 1. The first-order valence-electron chi connectivity index (χ1n) is 8.25. The highest BCUT2D eigenvalue weighted by atomic mass is 16.1. The van der Waals surface area contributed by atoms with Crippen LogP contribution >= 0.6 is 0 Å². The van der Waals surface area contributed by atoms with Crippen LogP contribution in [0.15, 0.2) is 36.5 Å². The van der Waals surface area contributed by atoms with E-state index >= 15 is 0 Å². The van der Waals surface area contributed by atoms with E-state index < -0.39 is 0 Å². The van der Waals surface area contributed by atoms with Gasteiger partial charge in [-0.15, -0.1) is 0 Å². The van der Waals surface area contributed by atoms with Crippen molar-refractivity contribution in [1.29, 1.82) is 0 Å². The van der Waals surface area contributed by atoms with Gasteiger partial charge in [0.1, 0.15) is 0 Å². The monoisotopic (exact) mass is 336 g/mol. The summed E-state index contributed by atoms with van der Waals surface area (Å²) in [5.74, 6) is 0.814. The van der Waals surface area contributed by atoms with E-state index in [0.717, 1.165) is 47.7 Å². The maximum atomic E-state index is 11.1. The highest BCUT2D eigenvalue weighted by Gasteiger charge is 2.23. The zero-order valence-electron chi connectivity index (χ0n) is 14.3. The van der Waals surface area contributed by atoms with Crippen LogP contribution in [-0.2, 0) is 31.9 Å². The predicted molar refractivity (Wildman–Crippen MR) is 95.3 cm³/mol. The molecule has 3 heterocycles. The second-order valence-electron chi connectivity index (χ2n) is 6.30. The molecule has 7 nitrogen and oxygen atoms in total. The van der Waals surface area contributed by atoms with Crippen LogP contribution in [0, 0.1) is 0 Å². The molecule has 1 aromatic carbocycles. The average Bonchev–Trinajstić information content (AvgIpc) is 3.19. The minimum atomic E-state index is 0.598. The SMILES string of the molecule is Cn1ccc(-c2ccc(Nc3nn(C)c4c3CN(C=O)CC4)cc2)n1. The molecule has 3 aromatic rings. The minimum absolute atomic E-state index is 0.598. The number of carbonyl (C=O) groups is 1. The lowest BCUT2D eigenvalue weighted by molar-refractivity contribution is -0.118.